The van der Waals surface area contributed by atoms with Gasteiger partial charge in [-0.1, -0.05) is 29.8 Å². The predicted octanol–water partition coefficient (Wildman–Crippen LogP) is 3.48. The summed E-state index contributed by atoms with van der Waals surface area (Å²) in [6.45, 7) is 0.117. The van der Waals surface area contributed by atoms with Crippen molar-refractivity contribution in [1.29, 1.82) is 0 Å². The van der Waals surface area contributed by atoms with E-state index in [0.717, 1.165) is 0 Å². The van der Waals surface area contributed by atoms with Crippen molar-refractivity contribution in [2.45, 2.75) is 12.6 Å². The van der Waals surface area contributed by atoms with E-state index in [4.69, 9.17) is 16.3 Å². The number of aliphatic hydroxyl groups excluding tert-OH is 1. The van der Waals surface area contributed by atoms with Gasteiger partial charge in [0.15, 0.2) is 17.4 Å². The second kappa shape index (κ2) is 6.98. The highest BCUT2D eigenvalue weighted by molar-refractivity contribution is 6.33. The molecule has 24 heavy (non-hydrogen) atoms. The van der Waals surface area contributed by atoms with E-state index in [1.165, 1.54) is 30.3 Å². The minimum Gasteiger partial charge on any atom is -0.494 e. The van der Waals surface area contributed by atoms with E-state index in [0.29, 0.717) is 22.0 Å². The lowest BCUT2D eigenvalue weighted by Gasteiger charge is -2.14. The molecule has 1 N–H and O–H groups in total. The van der Waals surface area contributed by atoms with E-state index >= 15 is 0 Å². The molecule has 2 aromatic carbocycles. The summed E-state index contributed by atoms with van der Waals surface area (Å²) in [5.74, 6) is 0.135. The van der Waals surface area contributed by atoms with Crippen molar-refractivity contribution in [3.8, 4) is 17.1 Å². The molecular weight excluding hydrogens is 333 g/mol. The highest BCUT2D eigenvalue weighted by atomic mass is 35.5. The van der Waals surface area contributed by atoms with Crippen LogP contribution >= 0.6 is 11.6 Å². The number of ether oxygens (including phenoxy) is 1. The fourth-order valence-electron chi connectivity index (χ4n) is 2.41. The van der Waals surface area contributed by atoms with Crippen LogP contribution in [0.3, 0.4) is 0 Å². The third-order valence-electron chi connectivity index (χ3n) is 3.64. The molecule has 124 valence electrons. The summed E-state index contributed by atoms with van der Waals surface area (Å²) in [5.41, 5.74) is 1.14. The van der Waals surface area contributed by atoms with Gasteiger partial charge in [0, 0.05) is 5.56 Å². The Balaban J connectivity index is 1.86. The number of aliphatic hydroxyl groups is 1. The number of aromatic nitrogens is 3. The van der Waals surface area contributed by atoms with E-state index < -0.39 is 11.9 Å². The van der Waals surface area contributed by atoms with E-state index in [2.05, 4.69) is 10.1 Å². The summed E-state index contributed by atoms with van der Waals surface area (Å²) in [5, 5.41) is 15.1. The van der Waals surface area contributed by atoms with Crippen molar-refractivity contribution in [2.75, 3.05) is 7.11 Å². The number of methoxy groups -OCH3 is 1. The lowest BCUT2D eigenvalue weighted by molar-refractivity contribution is 0.151. The smallest absolute Gasteiger partial charge is 0.165 e. The van der Waals surface area contributed by atoms with E-state index in [1.807, 2.05) is 18.2 Å². The van der Waals surface area contributed by atoms with Gasteiger partial charge in [0.2, 0.25) is 0 Å². The largest absolute Gasteiger partial charge is 0.494 e. The molecule has 0 fully saturated rings. The summed E-state index contributed by atoms with van der Waals surface area (Å²) in [6, 6.07) is 11.6. The Labute approximate surface area is 143 Å². The van der Waals surface area contributed by atoms with Crippen LogP contribution in [0.1, 0.15) is 11.7 Å². The first-order chi connectivity index (χ1) is 11.6. The van der Waals surface area contributed by atoms with Crippen LogP contribution in [0.5, 0.6) is 5.75 Å². The first kappa shape index (κ1) is 16.4. The molecule has 7 heteroatoms. The molecule has 5 nitrogen and oxygen atoms in total. The number of halogens is 2. The minimum atomic E-state index is -0.951. The molecule has 0 aliphatic carbocycles. The fraction of sp³-hybridized carbons (Fsp3) is 0.176. The molecular formula is C17H15ClFN3O2. The summed E-state index contributed by atoms with van der Waals surface area (Å²) in [4.78, 5) is 4.20. The normalized spacial score (nSPS) is 12.2. The zero-order valence-electron chi connectivity index (χ0n) is 12.9. The molecule has 0 spiro atoms. The Kier molecular flexibility index (Phi) is 4.78. The minimum absolute atomic E-state index is 0.117. The predicted molar refractivity (Wildman–Crippen MR) is 88.4 cm³/mol. The Morgan fingerprint density at radius 2 is 2.08 bits per heavy atom. The number of nitrogens with zero attached hydrogens (tertiary/aromatic N) is 3. The molecule has 0 radical (unpaired) electrons. The maximum atomic E-state index is 13.8. The van der Waals surface area contributed by atoms with Gasteiger partial charge in [0.25, 0.3) is 0 Å². The van der Waals surface area contributed by atoms with Gasteiger partial charge in [-0.25, -0.2) is 14.1 Å². The monoisotopic (exact) mass is 347 g/mol. The van der Waals surface area contributed by atoms with E-state index in [-0.39, 0.29) is 12.3 Å². The number of rotatable bonds is 5. The Morgan fingerprint density at radius 1 is 1.29 bits per heavy atom. The van der Waals surface area contributed by atoms with Gasteiger partial charge in [0.05, 0.1) is 24.8 Å². The zero-order chi connectivity index (χ0) is 17.1. The van der Waals surface area contributed by atoms with Gasteiger partial charge in [-0.15, -0.1) is 0 Å². The Bertz CT molecular complexity index is 853. The van der Waals surface area contributed by atoms with Gasteiger partial charge >= 0.3 is 0 Å². The highest BCUT2D eigenvalue weighted by Gasteiger charge is 2.16. The molecule has 0 bridgehead atoms. The van der Waals surface area contributed by atoms with Crippen LogP contribution in [0.15, 0.2) is 48.8 Å². The first-order valence-corrected chi connectivity index (χ1v) is 7.62. The van der Waals surface area contributed by atoms with Crippen LogP contribution in [-0.2, 0) is 6.54 Å². The number of benzene rings is 2. The summed E-state index contributed by atoms with van der Waals surface area (Å²) >= 11 is 6.19. The average molecular weight is 348 g/mol. The lowest BCUT2D eigenvalue weighted by atomic mass is 10.1. The van der Waals surface area contributed by atoms with Crippen molar-refractivity contribution in [2.24, 2.45) is 0 Å². The topological polar surface area (TPSA) is 60.2 Å². The molecule has 0 saturated heterocycles. The van der Waals surface area contributed by atoms with Crippen LogP contribution in [0, 0.1) is 5.82 Å². The van der Waals surface area contributed by atoms with Crippen molar-refractivity contribution < 1.29 is 14.2 Å². The molecule has 1 heterocycles. The Morgan fingerprint density at radius 3 is 2.79 bits per heavy atom. The molecule has 3 rings (SSSR count). The lowest BCUT2D eigenvalue weighted by Crippen LogP contribution is -2.12. The van der Waals surface area contributed by atoms with E-state index in [9.17, 15) is 9.50 Å². The Hall–Kier alpha value is -2.44. The molecule has 0 saturated carbocycles. The fourth-order valence-corrected chi connectivity index (χ4v) is 2.63. The number of hydrogen-bond acceptors (Lipinski definition) is 4. The van der Waals surface area contributed by atoms with Crippen LogP contribution in [0.2, 0.25) is 5.02 Å². The van der Waals surface area contributed by atoms with Crippen molar-refractivity contribution >= 4 is 11.6 Å². The molecule has 0 aliphatic heterocycles. The quantitative estimate of drug-likeness (QED) is 0.767. The number of hydrogen-bond donors (Lipinski definition) is 1. The van der Waals surface area contributed by atoms with Crippen molar-refractivity contribution in [1.82, 2.24) is 14.8 Å². The second-order valence-corrected chi connectivity index (χ2v) is 5.56. The van der Waals surface area contributed by atoms with Gasteiger partial charge in [-0.2, -0.15) is 5.10 Å². The summed E-state index contributed by atoms with van der Waals surface area (Å²) in [6.07, 6.45) is 0.438. The highest BCUT2D eigenvalue weighted by Crippen LogP contribution is 2.27. The van der Waals surface area contributed by atoms with Crippen molar-refractivity contribution in [3.63, 3.8) is 0 Å². The SMILES string of the molecule is COc1ccc(C(O)Cn2ncnc2-c2ccccc2Cl)cc1F. The molecule has 1 atom stereocenters. The third-order valence-corrected chi connectivity index (χ3v) is 3.97. The van der Waals surface area contributed by atoms with Crippen LogP contribution < -0.4 is 4.74 Å². The summed E-state index contributed by atoms with van der Waals surface area (Å²) in [7, 11) is 1.39. The average Bonchev–Trinajstić information content (AvgIpc) is 3.03. The van der Waals surface area contributed by atoms with Crippen LogP contribution in [0.4, 0.5) is 4.39 Å². The van der Waals surface area contributed by atoms with Gasteiger partial charge in [-0.05, 0) is 29.8 Å². The molecule has 0 amide bonds. The second-order valence-electron chi connectivity index (χ2n) is 5.16. The molecule has 1 unspecified atom stereocenters. The summed E-state index contributed by atoms with van der Waals surface area (Å²) < 4.78 is 20.2. The molecule has 3 aromatic rings. The van der Waals surface area contributed by atoms with Crippen LogP contribution in [0.25, 0.3) is 11.4 Å². The van der Waals surface area contributed by atoms with Gasteiger partial charge < -0.3 is 9.84 Å². The molecule has 0 aliphatic rings. The van der Waals surface area contributed by atoms with Gasteiger partial charge in [-0.3, -0.25) is 0 Å². The van der Waals surface area contributed by atoms with Gasteiger partial charge in [0.1, 0.15) is 6.33 Å². The maximum absolute atomic E-state index is 13.8. The van der Waals surface area contributed by atoms with Crippen LogP contribution in [-0.4, -0.2) is 27.0 Å². The first-order valence-electron chi connectivity index (χ1n) is 7.24. The standard InChI is InChI=1S/C17H15ClFN3O2/c1-24-16-7-6-11(8-14(16)19)15(23)9-22-17(20-10-21-22)12-4-2-3-5-13(12)18/h2-8,10,15,23H,9H2,1H3. The zero-order valence-corrected chi connectivity index (χ0v) is 13.6. The van der Waals surface area contributed by atoms with E-state index in [1.54, 1.807) is 12.1 Å². The third kappa shape index (κ3) is 3.25. The molecule has 1 aromatic heterocycles. The maximum Gasteiger partial charge on any atom is 0.165 e. The van der Waals surface area contributed by atoms with Crippen molar-refractivity contribution in [3.05, 3.63) is 65.2 Å².